The molecule has 11 heteroatoms. The molecule has 10 nitrogen and oxygen atoms in total. The molecular formula is C27H27N5O5S. The second-order valence-electron chi connectivity index (χ2n) is 8.72. The Morgan fingerprint density at radius 1 is 1.11 bits per heavy atom. The number of hydrogen-bond acceptors (Lipinski definition) is 8. The number of carbonyl (C=O) groups is 2. The van der Waals surface area contributed by atoms with Crippen molar-refractivity contribution in [3.63, 3.8) is 0 Å². The van der Waals surface area contributed by atoms with E-state index in [0.717, 1.165) is 28.6 Å². The number of hydrogen-bond donors (Lipinski definition) is 1. The second kappa shape index (κ2) is 11.6. The van der Waals surface area contributed by atoms with Gasteiger partial charge in [0.15, 0.2) is 5.84 Å². The van der Waals surface area contributed by atoms with Gasteiger partial charge in [0.1, 0.15) is 29.8 Å². The van der Waals surface area contributed by atoms with Gasteiger partial charge in [0.2, 0.25) is 11.1 Å². The predicted octanol–water partition coefficient (Wildman–Crippen LogP) is 3.32. The highest BCUT2D eigenvalue weighted by Gasteiger charge is 2.36. The quantitative estimate of drug-likeness (QED) is 0.409. The number of aliphatic imine (C=N–C) groups is 1. The average Bonchev–Trinajstić information content (AvgIpc) is 3.33. The van der Waals surface area contributed by atoms with Crippen LogP contribution in [-0.2, 0) is 14.3 Å². The van der Waals surface area contributed by atoms with Gasteiger partial charge in [0.05, 0.1) is 25.2 Å². The number of fused-ring (bicyclic) bond motifs is 1. The summed E-state index contributed by atoms with van der Waals surface area (Å²) < 4.78 is 16.8. The lowest BCUT2D eigenvalue weighted by Gasteiger charge is -2.26. The zero-order valence-corrected chi connectivity index (χ0v) is 21.7. The van der Waals surface area contributed by atoms with E-state index in [1.54, 1.807) is 35.2 Å². The highest BCUT2D eigenvalue weighted by Crippen LogP contribution is 2.30. The zero-order chi connectivity index (χ0) is 26.5. The number of rotatable bonds is 8. The fourth-order valence-electron chi connectivity index (χ4n) is 4.01. The maximum atomic E-state index is 12.7. The summed E-state index contributed by atoms with van der Waals surface area (Å²) in [5.41, 5.74) is 1.91. The number of benzene rings is 2. The van der Waals surface area contributed by atoms with Gasteiger partial charge in [-0.3, -0.25) is 15.0 Å². The SMILES string of the molecule is Cc1ccccc1OCCOc1ccc(/C=C2/C(=N)N3N=C(CC(=O)N4CCOCC4)SC3=NC2=O)cc1. The van der Waals surface area contributed by atoms with Crippen LogP contribution in [0.1, 0.15) is 17.5 Å². The Balaban J connectivity index is 1.18. The van der Waals surface area contributed by atoms with Crippen molar-refractivity contribution in [2.24, 2.45) is 10.1 Å². The molecule has 38 heavy (non-hydrogen) atoms. The number of morpholine rings is 1. The topological polar surface area (TPSA) is 117 Å². The van der Waals surface area contributed by atoms with Gasteiger partial charge in [-0.1, -0.05) is 30.3 Å². The molecule has 0 spiro atoms. The standard InChI is InChI=1S/C27H27N5O5S/c1-18-4-2-3-5-22(18)37-15-14-36-20-8-6-19(7-9-20)16-21-25(28)32-27(29-26(21)34)38-23(30-32)17-24(33)31-10-12-35-13-11-31/h2-9,16,28H,10-15,17H2,1H3/b21-16-,28-25?. The van der Waals surface area contributed by atoms with Gasteiger partial charge in [0.25, 0.3) is 5.91 Å². The van der Waals surface area contributed by atoms with E-state index in [1.807, 2.05) is 31.2 Å². The molecule has 1 N–H and O–H groups in total. The van der Waals surface area contributed by atoms with Crippen molar-refractivity contribution in [2.75, 3.05) is 39.5 Å². The van der Waals surface area contributed by atoms with Gasteiger partial charge in [-0.05, 0) is 54.1 Å². The van der Waals surface area contributed by atoms with Crippen LogP contribution in [0.25, 0.3) is 6.08 Å². The molecule has 3 aliphatic rings. The minimum absolute atomic E-state index is 0.0577. The Morgan fingerprint density at radius 3 is 2.61 bits per heavy atom. The third kappa shape index (κ3) is 5.95. The lowest BCUT2D eigenvalue weighted by atomic mass is 10.1. The molecular weight excluding hydrogens is 506 g/mol. The molecule has 1 fully saturated rings. The molecule has 0 radical (unpaired) electrons. The third-order valence-corrected chi connectivity index (χ3v) is 6.97. The molecule has 2 aromatic rings. The largest absolute Gasteiger partial charge is 0.490 e. The molecule has 196 valence electrons. The number of carbonyl (C=O) groups excluding carboxylic acids is 2. The molecule has 0 aromatic heterocycles. The number of ether oxygens (including phenoxy) is 3. The number of amides is 2. The van der Waals surface area contributed by atoms with E-state index in [-0.39, 0.29) is 23.7 Å². The van der Waals surface area contributed by atoms with Gasteiger partial charge in [0, 0.05) is 13.1 Å². The number of para-hydroxylation sites is 1. The summed E-state index contributed by atoms with van der Waals surface area (Å²) >= 11 is 1.14. The second-order valence-corrected chi connectivity index (χ2v) is 9.76. The number of aryl methyl sites for hydroxylation is 1. The van der Waals surface area contributed by atoms with Crippen LogP contribution in [0, 0.1) is 12.3 Å². The van der Waals surface area contributed by atoms with Crippen molar-refractivity contribution in [1.82, 2.24) is 9.91 Å². The zero-order valence-electron chi connectivity index (χ0n) is 20.9. The van der Waals surface area contributed by atoms with Crippen LogP contribution in [0.5, 0.6) is 11.5 Å². The Labute approximate surface area is 224 Å². The summed E-state index contributed by atoms with van der Waals surface area (Å²) in [6, 6.07) is 15.0. The summed E-state index contributed by atoms with van der Waals surface area (Å²) in [7, 11) is 0. The van der Waals surface area contributed by atoms with Crippen molar-refractivity contribution >= 4 is 45.7 Å². The van der Waals surface area contributed by atoms with Crippen LogP contribution in [0.4, 0.5) is 0 Å². The Hall–Kier alpha value is -3.96. The molecule has 2 aromatic carbocycles. The van der Waals surface area contributed by atoms with Crippen molar-refractivity contribution in [3.05, 3.63) is 65.2 Å². The average molecular weight is 534 g/mol. The van der Waals surface area contributed by atoms with E-state index in [2.05, 4.69) is 10.1 Å². The minimum Gasteiger partial charge on any atom is -0.490 e. The Kier molecular flexibility index (Phi) is 7.85. The lowest BCUT2D eigenvalue weighted by molar-refractivity contribution is -0.133. The molecule has 0 aliphatic carbocycles. The number of amidine groups is 2. The predicted molar refractivity (Wildman–Crippen MR) is 146 cm³/mol. The maximum Gasteiger partial charge on any atom is 0.283 e. The molecule has 3 heterocycles. The molecule has 5 rings (SSSR count). The summed E-state index contributed by atoms with van der Waals surface area (Å²) in [4.78, 5) is 31.1. The molecule has 0 bridgehead atoms. The number of hydrazone groups is 1. The van der Waals surface area contributed by atoms with Crippen LogP contribution < -0.4 is 9.47 Å². The highest BCUT2D eigenvalue weighted by molar-refractivity contribution is 8.27. The molecule has 0 saturated carbocycles. The monoisotopic (exact) mass is 533 g/mol. The van der Waals surface area contributed by atoms with Crippen LogP contribution in [0.15, 0.2) is 64.2 Å². The van der Waals surface area contributed by atoms with Gasteiger partial charge < -0.3 is 19.1 Å². The maximum absolute atomic E-state index is 12.7. The van der Waals surface area contributed by atoms with Gasteiger partial charge in [-0.25, -0.2) is 0 Å². The van der Waals surface area contributed by atoms with Crippen molar-refractivity contribution in [3.8, 4) is 11.5 Å². The molecule has 0 unspecified atom stereocenters. The summed E-state index contributed by atoms with van der Waals surface area (Å²) in [6.07, 6.45) is 1.70. The lowest BCUT2D eigenvalue weighted by Crippen LogP contribution is -2.41. The molecule has 3 aliphatic heterocycles. The van der Waals surface area contributed by atoms with Crippen LogP contribution >= 0.6 is 11.8 Å². The van der Waals surface area contributed by atoms with E-state index in [9.17, 15) is 9.59 Å². The minimum atomic E-state index is -0.515. The van der Waals surface area contributed by atoms with Crippen molar-refractivity contribution < 1.29 is 23.8 Å². The normalized spacial score (nSPS) is 18.3. The number of thioether (sulfide) groups is 1. The van der Waals surface area contributed by atoms with Crippen molar-refractivity contribution in [2.45, 2.75) is 13.3 Å². The molecule has 2 amide bonds. The van der Waals surface area contributed by atoms with Crippen LogP contribution in [0.2, 0.25) is 0 Å². The first kappa shape index (κ1) is 25.7. The van der Waals surface area contributed by atoms with Gasteiger partial charge >= 0.3 is 0 Å². The van der Waals surface area contributed by atoms with Crippen LogP contribution in [0.3, 0.4) is 0 Å². The smallest absolute Gasteiger partial charge is 0.283 e. The van der Waals surface area contributed by atoms with E-state index >= 15 is 0 Å². The first-order valence-electron chi connectivity index (χ1n) is 12.2. The Morgan fingerprint density at radius 2 is 1.84 bits per heavy atom. The third-order valence-electron chi connectivity index (χ3n) is 6.06. The van der Waals surface area contributed by atoms with Crippen molar-refractivity contribution in [1.29, 1.82) is 5.41 Å². The first-order valence-corrected chi connectivity index (χ1v) is 13.1. The van der Waals surface area contributed by atoms with Gasteiger partial charge in [-0.15, -0.1) is 0 Å². The number of nitrogens with one attached hydrogen (secondary N) is 1. The molecule has 0 atom stereocenters. The molecule has 1 saturated heterocycles. The summed E-state index contributed by atoms with van der Waals surface area (Å²) in [5.74, 6) is 0.854. The summed E-state index contributed by atoms with van der Waals surface area (Å²) in [6.45, 7) is 4.93. The van der Waals surface area contributed by atoms with Gasteiger partial charge in [-0.2, -0.15) is 15.1 Å². The first-order chi connectivity index (χ1) is 18.5. The number of nitrogens with zero attached hydrogens (tertiary/aromatic N) is 4. The van der Waals surface area contributed by atoms with E-state index < -0.39 is 5.91 Å². The van der Waals surface area contributed by atoms with E-state index in [0.29, 0.717) is 55.5 Å². The fraction of sp³-hybridized carbons (Fsp3) is 0.296. The van der Waals surface area contributed by atoms with E-state index in [1.165, 1.54) is 5.01 Å². The fourth-order valence-corrected chi connectivity index (χ4v) is 4.89. The summed E-state index contributed by atoms with van der Waals surface area (Å²) in [5, 5.41) is 15.0. The van der Waals surface area contributed by atoms with E-state index in [4.69, 9.17) is 19.6 Å². The van der Waals surface area contributed by atoms with Crippen LogP contribution in [-0.4, -0.2) is 77.3 Å². The Bertz CT molecular complexity index is 1330. The highest BCUT2D eigenvalue weighted by atomic mass is 32.2.